The van der Waals surface area contributed by atoms with Crippen LogP contribution < -0.4 is 9.64 Å². The van der Waals surface area contributed by atoms with Crippen molar-refractivity contribution in [3.05, 3.63) is 64.2 Å². The van der Waals surface area contributed by atoms with Crippen LogP contribution in [-0.4, -0.2) is 72.4 Å². The summed E-state index contributed by atoms with van der Waals surface area (Å²) in [7, 11) is 0. The van der Waals surface area contributed by atoms with E-state index in [1.807, 2.05) is 11.0 Å². The molecule has 0 spiro atoms. The number of ether oxygens (including phenoxy) is 1. The van der Waals surface area contributed by atoms with Gasteiger partial charge in [-0.3, -0.25) is 19.7 Å². The predicted octanol–water partition coefficient (Wildman–Crippen LogP) is 3.40. The van der Waals surface area contributed by atoms with Crippen LogP contribution in [-0.2, 0) is 4.79 Å². The smallest absolute Gasteiger partial charge is 0.387 e. The quantitative estimate of drug-likeness (QED) is 0.457. The Labute approximate surface area is 201 Å². The highest BCUT2D eigenvalue weighted by atomic mass is 19.3. The van der Waals surface area contributed by atoms with E-state index < -0.39 is 17.4 Å². The van der Waals surface area contributed by atoms with E-state index in [1.165, 1.54) is 35.2 Å². The number of carbonyl (C=O) groups excluding carboxylic acids is 2. The van der Waals surface area contributed by atoms with Crippen LogP contribution in [0.4, 0.5) is 20.2 Å². The Balaban J connectivity index is 1.37. The highest BCUT2D eigenvalue weighted by Crippen LogP contribution is 2.27. The lowest BCUT2D eigenvalue weighted by molar-refractivity contribution is -0.384. The molecular weight excluding hydrogens is 462 g/mol. The maximum absolute atomic E-state index is 13.2. The summed E-state index contributed by atoms with van der Waals surface area (Å²) in [5.74, 6) is -1.04. The molecule has 0 aromatic heterocycles. The SMILES string of the molecule is O=C(c1ccccc1OC(F)F)N1CCCC(C(=O)N2CCN(c3cccc([N+](=O)[O-])c3)CC2)C1. The van der Waals surface area contributed by atoms with Crippen LogP contribution in [0.15, 0.2) is 48.5 Å². The second-order valence-electron chi connectivity index (χ2n) is 8.55. The molecule has 1 unspecified atom stereocenters. The number of rotatable bonds is 6. The first-order valence-electron chi connectivity index (χ1n) is 11.4. The molecule has 2 fully saturated rings. The van der Waals surface area contributed by atoms with Crippen molar-refractivity contribution in [2.75, 3.05) is 44.2 Å². The minimum absolute atomic E-state index is 0.0218. The zero-order valence-electron chi connectivity index (χ0n) is 19.0. The largest absolute Gasteiger partial charge is 0.434 e. The summed E-state index contributed by atoms with van der Waals surface area (Å²) in [4.78, 5) is 42.2. The highest BCUT2D eigenvalue weighted by Gasteiger charge is 2.34. The van der Waals surface area contributed by atoms with Crippen molar-refractivity contribution >= 4 is 23.2 Å². The summed E-state index contributed by atoms with van der Waals surface area (Å²) in [6, 6.07) is 12.3. The van der Waals surface area contributed by atoms with Crippen molar-refractivity contribution < 1.29 is 28.0 Å². The maximum Gasteiger partial charge on any atom is 0.387 e. The molecule has 2 aliphatic rings. The van der Waals surface area contributed by atoms with Gasteiger partial charge in [-0.1, -0.05) is 18.2 Å². The Morgan fingerprint density at radius 2 is 1.74 bits per heavy atom. The Hall–Kier alpha value is -3.76. The van der Waals surface area contributed by atoms with Crippen molar-refractivity contribution in [3.63, 3.8) is 0 Å². The molecule has 0 bridgehead atoms. The fourth-order valence-electron chi connectivity index (χ4n) is 4.62. The Morgan fingerprint density at radius 1 is 1.00 bits per heavy atom. The molecule has 1 atom stereocenters. The van der Waals surface area contributed by atoms with Gasteiger partial charge in [-0.15, -0.1) is 0 Å². The molecule has 35 heavy (non-hydrogen) atoms. The van der Waals surface area contributed by atoms with Crippen molar-refractivity contribution in [3.8, 4) is 5.75 Å². The highest BCUT2D eigenvalue weighted by molar-refractivity contribution is 5.97. The number of piperidine rings is 1. The topological polar surface area (TPSA) is 96.2 Å². The first kappa shape index (κ1) is 24.4. The number of nitrogens with zero attached hydrogens (tertiary/aromatic N) is 4. The molecule has 0 aliphatic carbocycles. The van der Waals surface area contributed by atoms with Gasteiger partial charge >= 0.3 is 6.61 Å². The number of likely N-dealkylation sites (tertiary alicyclic amines) is 1. The van der Waals surface area contributed by atoms with Crippen LogP contribution in [0.5, 0.6) is 5.75 Å². The van der Waals surface area contributed by atoms with Gasteiger partial charge in [0.15, 0.2) is 0 Å². The van der Waals surface area contributed by atoms with Crippen LogP contribution in [0.3, 0.4) is 0 Å². The van der Waals surface area contributed by atoms with Crippen molar-refractivity contribution in [1.29, 1.82) is 0 Å². The summed E-state index contributed by atoms with van der Waals surface area (Å²) < 4.78 is 30.0. The summed E-state index contributed by atoms with van der Waals surface area (Å²) >= 11 is 0. The van der Waals surface area contributed by atoms with Gasteiger partial charge in [-0.2, -0.15) is 8.78 Å². The van der Waals surface area contributed by atoms with E-state index in [1.54, 1.807) is 17.0 Å². The van der Waals surface area contributed by atoms with Gasteiger partial charge in [0.2, 0.25) is 5.91 Å². The van der Waals surface area contributed by atoms with Crippen molar-refractivity contribution in [2.45, 2.75) is 19.5 Å². The molecule has 4 rings (SSSR count). The zero-order chi connectivity index (χ0) is 24.9. The first-order valence-corrected chi connectivity index (χ1v) is 11.4. The molecule has 186 valence electrons. The monoisotopic (exact) mass is 488 g/mol. The van der Waals surface area contributed by atoms with Gasteiger partial charge in [-0.25, -0.2) is 0 Å². The van der Waals surface area contributed by atoms with Crippen LogP contribution in [0.25, 0.3) is 0 Å². The number of anilines is 1. The van der Waals surface area contributed by atoms with Gasteiger partial charge in [0, 0.05) is 57.1 Å². The van der Waals surface area contributed by atoms with Gasteiger partial charge in [0.1, 0.15) is 5.75 Å². The molecule has 2 heterocycles. The van der Waals surface area contributed by atoms with Gasteiger partial charge in [0.25, 0.3) is 11.6 Å². The summed E-state index contributed by atoms with van der Waals surface area (Å²) in [6.07, 6.45) is 1.27. The lowest BCUT2D eigenvalue weighted by atomic mass is 9.95. The molecule has 0 radical (unpaired) electrons. The number of para-hydroxylation sites is 1. The Kier molecular flexibility index (Phi) is 7.42. The number of halogens is 2. The molecule has 0 saturated carbocycles. The lowest BCUT2D eigenvalue weighted by Gasteiger charge is -2.39. The number of alkyl halides is 2. The number of carbonyl (C=O) groups is 2. The number of piperazine rings is 1. The second-order valence-corrected chi connectivity index (χ2v) is 8.55. The number of nitro groups is 1. The maximum atomic E-state index is 13.2. The third-order valence-electron chi connectivity index (χ3n) is 6.39. The minimum Gasteiger partial charge on any atom is -0.434 e. The van der Waals surface area contributed by atoms with E-state index in [-0.39, 0.29) is 35.4 Å². The van der Waals surface area contributed by atoms with Crippen LogP contribution in [0.1, 0.15) is 23.2 Å². The molecule has 2 aromatic carbocycles. The second kappa shape index (κ2) is 10.7. The normalized spacial score (nSPS) is 18.5. The first-order chi connectivity index (χ1) is 16.8. The molecule has 2 saturated heterocycles. The molecule has 0 N–H and O–H groups in total. The van der Waals surface area contributed by atoms with E-state index in [0.717, 1.165) is 5.69 Å². The number of hydrogen-bond donors (Lipinski definition) is 0. The summed E-state index contributed by atoms with van der Waals surface area (Å²) in [5, 5.41) is 11.0. The Morgan fingerprint density at radius 3 is 2.46 bits per heavy atom. The van der Waals surface area contributed by atoms with Gasteiger partial charge < -0.3 is 19.4 Å². The van der Waals surface area contributed by atoms with E-state index in [0.29, 0.717) is 45.6 Å². The third-order valence-corrected chi connectivity index (χ3v) is 6.39. The average Bonchev–Trinajstić information content (AvgIpc) is 2.88. The van der Waals surface area contributed by atoms with Gasteiger partial charge in [0.05, 0.1) is 16.4 Å². The molecule has 11 heteroatoms. The summed E-state index contributed by atoms with van der Waals surface area (Å²) in [6.45, 7) is -0.367. The number of non-ortho nitro benzene ring substituents is 1. The number of benzene rings is 2. The molecule has 2 amide bonds. The fourth-order valence-corrected chi connectivity index (χ4v) is 4.62. The third kappa shape index (κ3) is 5.67. The predicted molar refractivity (Wildman–Crippen MR) is 124 cm³/mol. The lowest BCUT2D eigenvalue weighted by Crippen LogP contribution is -2.53. The van der Waals surface area contributed by atoms with Crippen LogP contribution in [0, 0.1) is 16.0 Å². The van der Waals surface area contributed by atoms with Crippen molar-refractivity contribution in [1.82, 2.24) is 9.80 Å². The van der Waals surface area contributed by atoms with E-state index >= 15 is 0 Å². The summed E-state index contributed by atoms with van der Waals surface area (Å²) in [5.41, 5.74) is 0.811. The Bertz CT molecular complexity index is 1090. The van der Waals surface area contributed by atoms with E-state index in [4.69, 9.17) is 0 Å². The van der Waals surface area contributed by atoms with E-state index in [9.17, 15) is 28.5 Å². The molecular formula is C24H26F2N4O5. The van der Waals surface area contributed by atoms with E-state index in [2.05, 4.69) is 4.74 Å². The minimum atomic E-state index is -3.04. The number of nitro benzene ring substituents is 1. The average molecular weight is 488 g/mol. The number of hydrogen-bond acceptors (Lipinski definition) is 6. The van der Waals surface area contributed by atoms with Gasteiger partial charge in [-0.05, 0) is 31.0 Å². The number of amides is 2. The van der Waals surface area contributed by atoms with Crippen LogP contribution >= 0.6 is 0 Å². The van der Waals surface area contributed by atoms with Crippen LogP contribution in [0.2, 0.25) is 0 Å². The standard InChI is InChI=1S/C24H26F2N4O5/c25-24(26)35-21-9-2-1-8-20(21)23(32)29-10-4-5-17(16-29)22(31)28-13-11-27(12-14-28)18-6-3-7-19(15-18)30(33)34/h1-3,6-9,15,17,24H,4-5,10-14,16H2. The molecule has 2 aliphatic heterocycles. The molecule has 2 aromatic rings. The van der Waals surface area contributed by atoms with Crippen molar-refractivity contribution in [2.24, 2.45) is 5.92 Å². The zero-order valence-corrected chi connectivity index (χ0v) is 19.0. The molecule has 9 nitrogen and oxygen atoms in total. The fraction of sp³-hybridized carbons (Fsp3) is 0.417.